The van der Waals surface area contributed by atoms with Crippen molar-refractivity contribution in [3.63, 3.8) is 0 Å². The van der Waals surface area contributed by atoms with Gasteiger partial charge in [0.15, 0.2) is 0 Å². The summed E-state index contributed by atoms with van der Waals surface area (Å²) in [5.41, 5.74) is 0.751. The van der Waals surface area contributed by atoms with Gasteiger partial charge >= 0.3 is 0 Å². The van der Waals surface area contributed by atoms with Crippen LogP contribution < -0.4 is 5.32 Å². The van der Waals surface area contributed by atoms with Crippen molar-refractivity contribution in [3.05, 3.63) is 46.4 Å². The normalized spacial score (nSPS) is 11.4. The Hall–Kier alpha value is -1.99. The molecule has 2 heterocycles. The molecule has 0 spiro atoms. The summed E-state index contributed by atoms with van der Waals surface area (Å²) in [6, 6.07) is 4.07. The van der Waals surface area contributed by atoms with Gasteiger partial charge in [0.2, 0.25) is 5.91 Å². The van der Waals surface area contributed by atoms with Gasteiger partial charge in [-0.2, -0.15) is 0 Å². The number of hydrogen-bond acceptors (Lipinski definition) is 5. The number of thiophene rings is 1. The lowest BCUT2D eigenvalue weighted by atomic mass is 10.4. The van der Waals surface area contributed by atoms with Gasteiger partial charge in [-0.05, 0) is 25.5 Å². The largest absolute Gasteiger partial charge is 0.347 e. The number of likely N-dealkylation sites (N-methyl/N-ethyl adjacent to an activating group) is 1. The summed E-state index contributed by atoms with van der Waals surface area (Å²) in [6.07, 6.45) is 5.21. The highest BCUT2D eigenvalue weighted by Gasteiger charge is 2.03. The molecule has 2 rings (SSSR count). The molecule has 7 heteroatoms. The summed E-state index contributed by atoms with van der Waals surface area (Å²) < 4.78 is 1.77. The van der Waals surface area contributed by atoms with Crippen molar-refractivity contribution in [1.82, 2.24) is 25.2 Å². The predicted octanol–water partition coefficient (Wildman–Crippen LogP) is 1.12. The highest BCUT2D eigenvalue weighted by atomic mass is 32.1. The first kappa shape index (κ1) is 15.4. The lowest BCUT2D eigenvalue weighted by Gasteiger charge is -2.03. The number of rotatable bonds is 7. The number of amides is 1. The molecule has 0 aliphatic carbocycles. The predicted molar refractivity (Wildman–Crippen MR) is 83.0 cm³/mol. The maximum absolute atomic E-state index is 11.6. The quantitative estimate of drug-likeness (QED) is 0.779. The van der Waals surface area contributed by atoms with E-state index in [2.05, 4.69) is 21.7 Å². The smallest absolute Gasteiger partial charge is 0.244 e. The Morgan fingerprint density at radius 1 is 1.52 bits per heavy atom. The van der Waals surface area contributed by atoms with Crippen LogP contribution in [-0.4, -0.2) is 46.4 Å². The van der Waals surface area contributed by atoms with E-state index in [1.54, 1.807) is 16.0 Å². The Morgan fingerprint density at radius 3 is 3.10 bits per heavy atom. The van der Waals surface area contributed by atoms with Gasteiger partial charge in [-0.15, -0.1) is 16.4 Å². The molecule has 2 aromatic heterocycles. The molecule has 112 valence electrons. The third-order valence-electron chi connectivity index (χ3n) is 2.67. The fraction of sp³-hybridized carbons (Fsp3) is 0.357. The number of carbonyl (C=O) groups is 1. The number of hydrogen-bond donors (Lipinski definition) is 1. The van der Waals surface area contributed by atoms with E-state index in [-0.39, 0.29) is 5.91 Å². The molecule has 6 nitrogen and oxygen atoms in total. The minimum absolute atomic E-state index is 0.121. The van der Waals surface area contributed by atoms with Crippen molar-refractivity contribution in [3.8, 4) is 0 Å². The molecule has 0 aliphatic rings. The molecule has 21 heavy (non-hydrogen) atoms. The topological polar surface area (TPSA) is 63.1 Å². The van der Waals surface area contributed by atoms with Gasteiger partial charge in [0.1, 0.15) is 5.69 Å². The van der Waals surface area contributed by atoms with Crippen molar-refractivity contribution < 1.29 is 4.79 Å². The van der Waals surface area contributed by atoms with Crippen molar-refractivity contribution in [2.75, 3.05) is 20.6 Å². The second kappa shape index (κ2) is 7.70. The Bertz CT molecular complexity index is 588. The fourth-order valence-corrected chi connectivity index (χ4v) is 2.36. The molecule has 0 unspecified atom stereocenters. The van der Waals surface area contributed by atoms with E-state index in [4.69, 9.17) is 0 Å². The summed E-state index contributed by atoms with van der Waals surface area (Å²) in [6.45, 7) is 1.83. The van der Waals surface area contributed by atoms with Gasteiger partial charge in [-0.1, -0.05) is 17.4 Å². The summed E-state index contributed by atoms with van der Waals surface area (Å²) in [7, 11) is 3.91. The van der Waals surface area contributed by atoms with Crippen LogP contribution >= 0.6 is 11.3 Å². The second-order valence-electron chi connectivity index (χ2n) is 4.87. The Kier molecular flexibility index (Phi) is 5.65. The molecule has 1 amide bonds. The van der Waals surface area contributed by atoms with Crippen LogP contribution in [0.25, 0.3) is 0 Å². The molecule has 2 aromatic rings. The Labute approximate surface area is 128 Å². The first-order valence-corrected chi connectivity index (χ1v) is 7.52. The standard InChI is InChI=1S/C14H19N5OS/c1-18(2)7-3-6-14(20)15-9-12-10-19(17-16-12)11-13-5-4-8-21-13/h3-6,8,10H,7,9,11H2,1-2H3,(H,15,20)/b6-3+. The number of nitrogens with one attached hydrogen (secondary N) is 1. The third kappa shape index (κ3) is 5.49. The lowest BCUT2D eigenvalue weighted by Crippen LogP contribution is -2.21. The van der Waals surface area contributed by atoms with Gasteiger partial charge in [0.05, 0.1) is 19.3 Å². The monoisotopic (exact) mass is 305 g/mol. The van der Waals surface area contributed by atoms with Crippen LogP contribution in [0.4, 0.5) is 0 Å². The number of aromatic nitrogens is 3. The second-order valence-corrected chi connectivity index (χ2v) is 5.90. The van der Waals surface area contributed by atoms with E-state index in [0.29, 0.717) is 13.1 Å². The van der Waals surface area contributed by atoms with Crippen LogP contribution in [0.2, 0.25) is 0 Å². The molecular formula is C14H19N5OS. The highest BCUT2D eigenvalue weighted by molar-refractivity contribution is 7.09. The van der Waals surface area contributed by atoms with Crippen molar-refractivity contribution in [2.24, 2.45) is 0 Å². The van der Waals surface area contributed by atoms with Crippen molar-refractivity contribution in [1.29, 1.82) is 0 Å². The van der Waals surface area contributed by atoms with Gasteiger partial charge in [-0.3, -0.25) is 4.79 Å². The Morgan fingerprint density at radius 2 is 2.38 bits per heavy atom. The van der Waals surface area contributed by atoms with Crippen LogP contribution in [0.15, 0.2) is 35.9 Å². The zero-order chi connectivity index (χ0) is 15.1. The average molecular weight is 305 g/mol. The van der Waals surface area contributed by atoms with Crippen LogP contribution in [0.3, 0.4) is 0 Å². The summed E-state index contributed by atoms with van der Waals surface area (Å²) >= 11 is 1.69. The number of carbonyl (C=O) groups excluding carboxylic acids is 1. The fourth-order valence-electron chi connectivity index (χ4n) is 1.67. The molecule has 0 radical (unpaired) electrons. The van der Waals surface area contributed by atoms with E-state index < -0.39 is 0 Å². The summed E-state index contributed by atoms with van der Waals surface area (Å²) in [5, 5.41) is 12.9. The van der Waals surface area contributed by atoms with E-state index in [1.807, 2.05) is 42.7 Å². The minimum Gasteiger partial charge on any atom is -0.347 e. The van der Waals surface area contributed by atoms with Crippen LogP contribution in [0.5, 0.6) is 0 Å². The summed E-state index contributed by atoms with van der Waals surface area (Å²) in [4.78, 5) is 14.8. The molecule has 0 atom stereocenters. The van der Waals surface area contributed by atoms with Crippen LogP contribution in [0.1, 0.15) is 10.6 Å². The van der Waals surface area contributed by atoms with Gasteiger partial charge in [-0.25, -0.2) is 4.68 Å². The molecule has 0 saturated heterocycles. The highest BCUT2D eigenvalue weighted by Crippen LogP contribution is 2.09. The molecule has 0 fully saturated rings. The third-order valence-corrected chi connectivity index (χ3v) is 3.53. The molecular weight excluding hydrogens is 286 g/mol. The average Bonchev–Trinajstić information content (AvgIpc) is 3.08. The van der Waals surface area contributed by atoms with Gasteiger partial charge < -0.3 is 10.2 Å². The number of nitrogens with zero attached hydrogens (tertiary/aromatic N) is 4. The zero-order valence-electron chi connectivity index (χ0n) is 12.2. The SMILES string of the molecule is CN(C)C/C=C/C(=O)NCc1cn(Cc2cccs2)nn1. The van der Waals surface area contributed by atoms with Crippen molar-refractivity contribution in [2.45, 2.75) is 13.1 Å². The minimum atomic E-state index is -0.121. The van der Waals surface area contributed by atoms with E-state index >= 15 is 0 Å². The maximum atomic E-state index is 11.6. The van der Waals surface area contributed by atoms with Crippen LogP contribution in [-0.2, 0) is 17.9 Å². The first-order valence-electron chi connectivity index (χ1n) is 6.64. The van der Waals surface area contributed by atoms with Crippen LogP contribution in [0, 0.1) is 0 Å². The molecule has 0 aliphatic heterocycles. The van der Waals surface area contributed by atoms with E-state index in [0.717, 1.165) is 12.2 Å². The van der Waals surface area contributed by atoms with Crippen molar-refractivity contribution >= 4 is 17.2 Å². The van der Waals surface area contributed by atoms with E-state index in [9.17, 15) is 4.79 Å². The Balaban J connectivity index is 1.77. The van der Waals surface area contributed by atoms with E-state index in [1.165, 1.54) is 11.0 Å². The zero-order valence-corrected chi connectivity index (χ0v) is 13.0. The maximum Gasteiger partial charge on any atom is 0.244 e. The molecule has 0 bridgehead atoms. The van der Waals surface area contributed by atoms with Gasteiger partial charge in [0, 0.05) is 17.5 Å². The van der Waals surface area contributed by atoms with Gasteiger partial charge in [0.25, 0.3) is 0 Å². The molecule has 1 N–H and O–H groups in total. The molecule has 0 saturated carbocycles. The first-order chi connectivity index (χ1) is 10.1. The lowest BCUT2D eigenvalue weighted by molar-refractivity contribution is -0.116. The summed E-state index contributed by atoms with van der Waals surface area (Å²) in [5.74, 6) is -0.121. The molecule has 0 aromatic carbocycles.